The Bertz CT molecular complexity index is 918. The zero-order valence-corrected chi connectivity index (χ0v) is 14.6. The Balaban J connectivity index is 1.58. The van der Waals surface area contributed by atoms with Gasteiger partial charge in [0.2, 0.25) is 5.82 Å². The van der Waals surface area contributed by atoms with Crippen molar-refractivity contribution in [2.24, 2.45) is 0 Å². The maximum atomic E-state index is 11.9. The Labute approximate surface area is 150 Å². The van der Waals surface area contributed by atoms with Crippen LogP contribution in [0.3, 0.4) is 0 Å². The molecule has 1 unspecified atom stereocenters. The molecule has 4 rings (SSSR count). The van der Waals surface area contributed by atoms with Gasteiger partial charge in [-0.3, -0.25) is 4.68 Å². The second-order valence-corrected chi connectivity index (χ2v) is 6.17. The van der Waals surface area contributed by atoms with Gasteiger partial charge in [-0.15, -0.1) is 0 Å². The van der Waals surface area contributed by atoms with E-state index in [1.807, 2.05) is 39.9 Å². The number of carbonyl (C=O) groups is 1. The molecule has 1 aliphatic rings. The van der Waals surface area contributed by atoms with Crippen LogP contribution in [0.15, 0.2) is 40.9 Å². The number of fused-ring (bicyclic) bond motifs is 1. The summed E-state index contributed by atoms with van der Waals surface area (Å²) in [6.45, 7) is 5.31. The van der Waals surface area contributed by atoms with Crippen LogP contribution < -0.4 is 4.90 Å². The second-order valence-electron chi connectivity index (χ2n) is 6.17. The Hall–Kier alpha value is -3.16. The summed E-state index contributed by atoms with van der Waals surface area (Å²) in [7, 11) is 0. The Kier molecular flexibility index (Phi) is 4.16. The minimum Gasteiger partial charge on any atom is -0.461 e. The van der Waals surface area contributed by atoms with E-state index >= 15 is 0 Å². The summed E-state index contributed by atoms with van der Waals surface area (Å²) >= 11 is 0. The summed E-state index contributed by atoms with van der Waals surface area (Å²) in [5.74, 6) is 0.150. The van der Waals surface area contributed by atoms with Crippen LogP contribution in [0, 0.1) is 0 Å². The van der Waals surface area contributed by atoms with Crippen LogP contribution in [0.4, 0.5) is 6.01 Å². The highest BCUT2D eigenvalue weighted by Crippen LogP contribution is 2.26. The molecule has 0 saturated carbocycles. The normalized spacial score (nSPS) is 16.4. The molecule has 0 N–H and O–H groups in total. The summed E-state index contributed by atoms with van der Waals surface area (Å²) in [4.78, 5) is 18.4. The molecule has 3 aromatic rings. The van der Waals surface area contributed by atoms with Gasteiger partial charge in [-0.2, -0.15) is 10.1 Å². The maximum Gasteiger partial charge on any atom is 0.358 e. The molecule has 1 atom stereocenters. The van der Waals surface area contributed by atoms with Gasteiger partial charge in [0.25, 0.3) is 0 Å². The third kappa shape index (κ3) is 2.94. The van der Waals surface area contributed by atoms with Gasteiger partial charge in [0.1, 0.15) is 0 Å². The van der Waals surface area contributed by atoms with Gasteiger partial charge in [-0.05, 0) is 19.9 Å². The largest absolute Gasteiger partial charge is 0.461 e. The van der Waals surface area contributed by atoms with E-state index in [1.54, 1.807) is 13.0 Å². The molecule has 0 aliphatic carbocycles. The van der Waals surface area contributed by atoms with Crippen molar-refractivity contribution in [1.82, 2.24) is 19.9 Å². The highest BCUT2D eigenvalue weighted by molar-refractivity contribution is 5.87. The molecular formula is C18H19N5O3. The zero-order valence-electron chi connectivity index (χ0n) is 14.6. The van der Waals surface area contributed by atoms with Gasteiger partial charge in [0.05, 0.1) is 31.4 Å². The number of aromatic nitrogens is 4. The Morgan fingerprint density at radius 1 is 1.35 bits per heavy atom. The zero-order chi connectivity index (χ0) is 18.1. The van der Waals surface area contributed by atoms with Gasteiger partial charge < -0.3 is 14.2 Å². The molecule has 0 radical (unpaired) electrons. The van der Waals surface area contributed by atoms with Crippen LogP contribution >= 0.6 is 0 Å². The van der Waals surface area contributed by atoms with Crippen molar-refractivity contribution in [3.8, 4) is 11.4 Å². The van der Waals surface area contributed by atoms with Crippen LogP contribution in [0.25, 0.3) is 11.4 Å². The highest BCUT2D eigenvalue weighted by atomic mass is 16.5. The lowest BCUT2D eigenvalue weighted by Gasteiger charge is -2.32. The first kappa shape index (κ1) is 16.3. The molecule has 3 heterocycles. The molecule has 0 bridgehead atoms. The van der Waals surface area contributed by atoms with E-state index in [0.29, 0.717) is 37.2 Å². The van der Waals surface area contributed by atoms with Crippen LogP contribution in [0.5, 0.6) is 0 Å². The summed E-state index contributed by atoms with van der Waals surface area (Å²) in [6, 6.07) is 12.0. The minimum absolute atomic E-state index is 0.0986. The number of anilines is 1. The van der Waals surface area contributed by atoms with Gasteiger partial charge in [-0.1, -0.05) is 35.5 Å². The lowest BCUT2D eigenvalue weighted by molar-refractivity contribution is 0.0518. The third-order valence-corrected chi connectivity index (χ3v) is 4.34. The average Bonchev–Trinajstić information content (AvgIpc) is 3.28. The third-order valence-electron chi connectivity index (χ3n) is 4.34. The van der Waals surface area contributed by atoms with Crippen molar-refractivity contribution in [3.05, 3.63) is 47.8 Å². The van der Waals surface area contributed by atoms with Crippen LogP contribution in [-0.2, 0) is 17.8 Å². The average molecular weight is 353 g/mol. The van der Waals surface area contributed by atoms with Crippen molar-refractivity contribution in [1.29, 1.82) is 0 Å². The lowest BCUT2D eigenvalue weighted by Crippen LogP contribution is -2.41. The Morgan fingerprint density at radius 3 is 2.92 bits per heavy atom. The number of esters is 1. The first-order chi connectivity index (χ1) is 12.7. The smallest absolute Gasteiger partial charge is 0.358 e. The fraction of sp³-hybridized carbons (Fsp3) is 0.333. The summed E-state index contributed by atoms with van der Waals surface area (Å²) in [5.41, 5.74) is 2.14. The van der Waals surface area contributed by atoms with Gasteiger partial charge in [0, 0.05) is 5.56 Å². The molecule has 1 aliphatic heterocycles. The van der Waals surface area contributed by atoms with E-state index in [-0.39, 0.29) is 6.04 Å². The molecule has 0 amide bonds. The predicted octanol–water partition coefficient (Wildman–Crippen LogP) is 2.52. The van der Waals surface area contributed by atoms with Crippen molar-refractivity contribution in [2.75, 3.05) is 11.5 Å². The predicted molar refractivity (Wildman–Crippen MR) is 93.6 cm³/mol. The van der Waals surface area contributed by atoms with Crippen molar-refractivity contribution in [2.45, 2.75) is 33.0 Å². The Morgan fingerprint density at radius 2 is 2.15 bits per heavy atom. The first-order valence-electron chi connectivity index (χ1n) is 8.55. The fourth-order valence-corrected chi connectivity index (χ4v) is 3.02. The van der Waals surface area contributed by atoms with E-state index in [1.165, 1.54) is 0 Å². The van der Waals surface area contributed by atoms with E-state index in [0.717, 1.165) is 11.3 Å². The molecular weight excluding hydrogens is 334 g/mol. The van der Waals surface area contributed by atoms with Crippen LogP contribution in [-0.4, -0.2) is 38.5 Å². The highest BCUT2D eigenvalue weighted by Gasteiger charge is 2.29. The fourth-order valence-electron chi connectivity index (χ4n) is 3.02. The first-order valence-corrected chi connectivity index (χ1v) is 8.55. The number of hydrogen-bond donors (Lipinski definition) is 0. The van der Waals surface area contributed by atoms with Gasteiger partial charge in [-0.25, -0.2) is 4.79 Å². The van der Waals surface area contributed by atoms with E-state index in [4.69, 9.17) is 9.26 Å². The number of nitrogens with zero attached hydrogens (tertiary/aromatic N) is 5. The van der Waals surface area contributed by atoms with Crippen molar-refractivity contribution >= 4 is 12.0 Å². The van der Waals surface area contributed by atoms with E-state index < -0.39 is 5.97 Å². The number of benzene rings is 1. The minimum atomic E-state index is -0.405. The summed E-state index contributed by atoms with van der Waals surface area (Å²) in [6.07, 6.45) is 0. The topological polar surface area (TPSA) is 86.3 Å². The van der Waals surface area contributed by atoms with E-state index in [2.05, 4.69) is 22.2 Å². The van der Waals surface area contributed by atoms with E-state index in [9.17, 15) is 4.79 Å². The van der Waals surface area contributed by atoms with Crippen LogP contribution in [0.2, 0.25) is 0 Å². The lowest BCUT2D eigenvalue weighted by atomic mass is 10.2. The molecule has 26 heavy (non-hydrogen) atoms. The molecule has 1 aromatic carbocycles. The van der Waals surface area contributed by atoms with Gasteiger partial charge in [0.15, 0.2) is 5.69 Å². The number of rotatable bonds is 4. The number of ether oxygens (including phenoxy) is 1. The maximum absolute atomic E-state index is 11.9. The monoisotopic (exact) mass is 353 g/mol. The quantitative estimate of drug-likeness (QED) is 0.666. The van der Waals surface area contributed by atoms with Gasteiger partial charge >= 0.3 is 12.0 Å². The standard InChI is InChI=1S/C18H19N5O3/c1-3-25-17(24)15-9-14-11-22(12(2)10-23(14)20-15)18-19-16(21-26-18)13-7-5-4-6-8-13/h4-9,12H,3,10-11H2,1-2H3. The summed E-state index contributed by atoms with van der Waals surface area (Å²) < 4.78 is 12.3. The van der Waals surface area contributed by atoms with Crippen LogP contribution in [0.1, 0.15) is 30.0 Å². The molecule has 0 spiro atoms. The molecule has 8 heteroatoms. The van der Waals surface area contributed by atoms with Crippen molar-refractivity contribution < 1.29 is 14.1 Å². The molecule has 8 nitrogen and oxygen atoms in total. The number of carbonyl (C=O) groups excluding carboxylic acids is 1. The molecule has 0 saturated heterocycles. The molecule has 0 fully saturated rings. The second kappa shape index (κ2) is 6.62. The number of hydrogen-bond acceptors (Lipinski definition) is 7. The molecule has 134 valence electrons. The molecule has 2 aromatic heterocycles. The van der Waals surface area contributed by atoms with Crippen molar-refractivity contribution in [3.63, 3.8) is 0 Å². The summed E-state index contributed by atoms with van der Waals surface area (Å²) in [5, 5.41) is 8.43. The SMILES string of the molecule is CCOC(=O)c1cc2n(n1)CC(C)N(c1nc(-c3ccccc3)no1)C2.